The van der Waals surface area contributed by atoms with Crippen LogP contribution in [0.3, 0.4) is 0 Å². The van der Waals surface area contributed by atoms with Gasteiger partial charge >= 0.3 is 6.09 Å². The Morgan fingerprint density at radius 2 is 1.66 bits per heavy atom. The zero-order valence-electron chi connectivity index (χ0n) is 18.2. The van der Waals surface area contributed by atoms with Crippen molar-refractivity contribution in [1.82, 2.24) is 5.32 Å². The van der Waals surface area contributed by atoms with E-state index in [2.05, 4.69) is 16.0 Å². The van der Waals surface area contributed by atoms with Gasteiger partial charge in [-0.1, -0.05) is 43.3 Å². The highest BCUT2D eigenvalue weighted by Crippen LogP contribution is 2.23. The molecule has 0 aliphatic rings. The number of alkyl carbamates (subject to hydrolysis) is 1. The average molecular weight is 433 g/mol. The molecule has 2 amide bonds. The maximum absolute atomic E-state index is 12.4. The van der Waals surface area contributed by atoms with E-state index >= 15 is 0 Å². The first-order chi connectivity index (χ1) is 15.5. The van der Waals surface area contributed by atoms with Gasteiger partial charge in [-0.2, -0.15) is 0 Å². The molecule has 3 aromatic carbocycles. The molecular formula is C25H28N4O3. The van der Waals surface area contributed by atoms with Crippen molar-refractivity contribution in [3.05, 3.63) is 89.5 Å². The van der Waals surface area contributed by atoms with Crippen molar-refractivity contribution in [2.24, 2.45) is 0 Å². The maximum atomic E-state index is 12.4. The van der Waals surface area contributed by atoms with E-state index in [1.165, 1.54) is 0 Å². The Labute approximate surface area is 188 Å². The second kappa shape index (κ2) is 10.9. The number of hydrogen-bond donors (Lipinski definition) is 4. The van der Waals surface area contributed by atoms with E-state index in [-0.39, 0.29) is 12.0 Å². The Kier molecular flexibility index (Phi) is 7.70. The predicted octanol–water partition coefficient (Wildman–Crippen LogP) is 4.94. The number of nitrogens with one attached hydrogen (secondary N) is 3. The van der Waals surface area contributed by atoms with Crippen LogP contribution in [0.2, 0.25) is 0 Å². The highest BCUT2D eigenvalue weighted by atomic mass is 16.6. The van der Waals surface area contributed by atoms with Crippen molar-refractivity contribution >= 4 is 29.1 Å². The Morgan fingerprint density at radius 3 is 2.28 bits per heavy atom. The molecule has 166 valence electrons. The van der Waals surface area contributed by atoms with Crippen LogP contribution in [0.15, 0.2) is 72.8 Å². The molecule has 7 nitrogen and oxygen atoms in total. The van der Waals surface area contributed by atoms with Crippen LogP contribution in [0, 0.1) is 0 Å². The van der Waals surface area contributed by atoms with Gasteiger partial charge in [-0.15, -0.1) is 0 Å². The molecule has 0 aliphatic heterocycles. The number of rotatable bonds is 8. The smallest absolute Gasteiger partial charge is 0.408 e. The van der Waals surface area contributed by atoms with Crippen LogP contribution in [0.4, 0.5) is 21.9 Å². The third-order valence-electron chi connectivity index (χ3n) is 5.05. The molecule has 0 aliphatic carbocycles. The van der Waals surface area contributed by atoms with Crippen molar-refractivity contribution < 1.29 is 14.3 Å². The van der Waals surface area contributed by atoms with Gasteiger partial charge in [0.15, 0.2) is 0 Å². The van der Waals surface area contributed by atoms with Crippen LogP contribution >= 0.6 is 0 Å². The molecule has 5 N–H and O–H groups in total. The molecule has 0 fully saturated rings. The van der Waals surface area contributed by atoms with Gasteiger partial charge in [0, 0.05) is 24.8 Å². The number of para-hydroxylation sites is 2. The van der Waals surface area contributed by atoms with E-state index in [0.29, 0.717) is 29.9 Å². The monoisotopic (exact) mass is 432 g/mol. The number of nitrogen functional groups attached to an aromatic ring is 1. The highest BCUT2D eigenvalue weighted by molar-refractivity contribution is 6.05. The summed E-state index contributed by atoms with van der Waals surface area (Å²) >= 11 is 0. The van der Waals surface area contributed by atoms with E-state index in [1.54, 1.807) is 48.5 Å². The number of amides is 2. The largest absolute Gasteiger partial charge is 0.441 e. The second-order valence-corrected chi connectivity index (χ2v) is 7.27. The zero-order chi connectivity index (χ0) is 22.9. The molecule has 7 heteroatoms. The summed E-state index contributed by atoms with van der Waals surface area (Å²) in [5.74, 6) is -0.253. The molecule has 32 heavy (non-hydrogen) atoms. The SMILES string of the molecule is CC[C@@H](OC(=O)NCc1ccc(C(=O)Nc2ccccc2N)cc1)c1ccc(NC)cc1. The van der Waals surface area contributed by atoms with Crippen LogP contribution in [0.1, 0.15) is 40.9 Å². The quantitative estimate of drug-likeness (QED) is 0.377. The minimum Gasteiger partial charge on any atom is -0.441 e. The molecule has 1 atom stereocenters. The molecule has 0 spiro atoms. The van der Waals surface area contributed by atoms with Gasteiger partial charge in [-0.3, -0.25) is 4.79 Å². The number of carbonyl (C=O) groups is 2. The standard InChI is InChI=1S/C25H28N4O3/c1-3-23(18-12-14-20(27-2)15-13-18)32-25(31)28-16-17-8-10-19(11-9-17)24(30)29-22-7-5-4-6-21(22)26/h4-15,23,27H,3,16,26H2,1-2H3,(H,28,31)(H,29,30)/t23-/m1/s1. The van der Waals surface area contributed by atoms with Crippen molar-refractivity contribution in [2.75, 3.05) is 23.4 Å². The van der Waals surface area contributed by atoms with Crippen LogP contribution in [0.5, 0.6) is 0 Å². The average Bonchev–Trinajstić information content (AvgIpc) is 2.83. The van der Waals surface area contributed by atoms with Gasteiger partial charge in [0.05, 0.1) is 11.4 Å². The lowest BCUT2D eigenvalue weighted by molar-refractivity contribution is 0.0946. The van der Waals surface area contributed by atoms with Crippen LogP contribution in [0.25, 0.3) is 0 Å². The molecule has 3 aromatic rings. The zero-order valence-corrected chi connectivity index (χ0v) is 18.2. The fraction of sp³-hybridized carbons (Fsp3) is 0.200. The first-order valence-electron chi connectivity index (χ1n) is 10.5. The summed E-state index contributed by atoms with van der Waals surface area (Å²) in [6.45, 7) is 2.26. The summed E-state index contributed by atoms with van der Waals surface area (Å²) in [6.07, 6.45) is -0.143. The summed E-state index contributed by atoms with van der Waals surface area (Å²) in [6, 6.07) is 21.9. The lowest BCUT2D eigenvalue weighted by atomic mass is 10.1. The molecule has 0 saturated carbocycles. The Morgan fingerprint density at radius 1 is 0.969 bits per heavy atom. The van der Waals surface area contributed by atoms with Gasteiger partial charge in [0.1, 0.15) is 6.10 Å². The van der Waals surface area contributed by atoms with Crippen molar-refractivity contribution in [2.45, 2.75) is 26.0 Å². The summed E-state index contributed by atoms with van der Waals surface area (Å²) in [4.78, 5) is 24.7. The van der Waals surface area contributed by atoms with Gasteiger partial charge in [0.2, 0.25) is 0 Å². The van der Waals surface area contributed by atoms with Crippen LogP contribution < -0.4 is 21.7 Å². The minimum atomic E-state index is -0.490. The van der Waals surface area contributed by atoms with E-state index in [1.807, 2.05) is 38.2 Å². The minimum absolute atomic E-state index is 0.253. The van der Waals surface area contributed by atoms with Gasteiger partial charge in [-0.25, -0.2) is 4.79 Å². The topological polar surface area (TPSA) is 105 Å². The normalized spacial score (nSPS) is 11.3. The van der Waals surface area contributed by atoms with Crippen molar-refractivity contribution in [1.29, 1.82) is 0 Å². The molecule has 0 heterocycles. The lowest BCUT2D eigenvalue weighted by Gasteiger charge is -2.17. The van der Waals surface area contributed by atoms with Crippen LogP contribution in [-0.4, -0.2) is 19.0 Å². The van der Waals surface area contributed by atoms with Gasteiger partial charge in [0.25, 0.3) is 5.91 Å². The van der Waals surface area contributed by atoms with Gasteiger partial charge < -0.3 is 26.4 Å². The van der Waals surface area contributed by atoms with Crippen molar-refractivity contribution in [3.8, 4) is 0 Å². The second-order valence-electron chi connectivity index (χ2n) is 7.27. The van der Waals surface area contributed by atoms with Crippen molar-refractivity contribution in [3.63, 3.8) is 0 Å². The summed E-state index contributed by atoms with van der Waals surface area (Å²) in [7, 11) is 1.86. The van der Waals surface area contributed by atoms with E-state index in [9.17, 15) is 9.59 Å². The fourth-order valence-electron chi connectivity index (χ4n) is 3.18. The predicted molar refractivity (Wildman–Crippen MR) is 128 cm³/mol. The molecule has 0 radical (unpaired) electrons. The molecule has 0 bridgehead atoms. The van der Waals surface area contributed by atoms with Crippen LogP contribution in [-0.2, 0) is 11.3 Å². The number of nitrogens with two attached hydrogens (primary N) is 1. The maximum Gasteiger partial charge on any atom is 0.408 e. The highest BCUT2D eigenvalue weighted by Gasteiger charge is 2.15. The summed E-state index contributed by atoms with van der Waals surface area (Å²) < 4.78 is 5.57. The van der Waals surface area contributed by atoms with E-state index in [4.69, 9.17) is 10.5 Å². The number of ether oxygens (including phenoxy) is 1. The fourth-order valence-corrected chi connectivity index (χ4v) is 3.18. The molecular weight excluding hydrogens is 404 g/mol. The third kappa shape index (κ3) is 6.01. The Hall–Kier alpha value is -4.00. The number of carbonyl (C=O) groups excluding carboxylic acids is 2. The molecule has 0 saturated heterocycles. The molecule has 0 unspecified atom stereocenters. The molecule has 0 aromatic heterocycles. The number of hydrogen-bond acceptors (Lipinski definition) is 5. The Balaban J connectivity index is 1.52. The number of anilines is 3. The lowest BCUT2D eigenvalue weighted by Crippen LogP contribution is -2.25. The van der Waals surface area contributed by atoms with E-state index < -0.39 is 6.09 Å². The molecule has 3 rings (SSSR count). The van der Waals surface area contributed by atoms with Gasteiger partial charge in [-0.05, 0) is 53.9 Å². The first kappa shape index (κ1) is 22.7. The summed E-state index contributed by atoms with van der Waals surface area (Å²) in [5.41, 5.74) is 10.2. The first-order valence-corrected chi connectivity index (χ1v) is 10.5. The Bertz CT molecular complexity index is 1050. The number of benzene rings is 3. The van der Waals surface area contributed by atoms with E-state index in [0.717, 1.165) is 16.8 Å². The third-order valence-corrected chi connectivity index (χ3v) is 5.05. The summed E-state index contributed by atoms with van der Waals surface area (Å²) in [5, 5.41) is 8.62.